The third-order valence-electron chi connectivity index (χ3n) is 5.62. The van der Waals surface area contributed by atoms with E-state index in [0.29, 0.717) is 12.1 Å². The van der Waals surface area contributed by atoms with Crippen LogP contribution in [0.15, 0.2) is 58.4 Å². The summed E-state index contributed by atoms with van der Waals surface area (Å²) in [5, 5.41) is 11.3. The highest BCUT2D eigenvalue weighted by Crippen LogP contribution is 2.23. The van der Waals surface area contributed by atoms with Gasteiger partial charge >= 0.3 is 5.97 Å². The molecular formula is C25H22ClN5O6. The predicted octanol–water partition coefficient (Wildman–Crippen LogP) is 3.93. The van der Waals surface area contributed by atoms with E-state index < -0.39 is 22.4 Å². The maximum absolute atomic E-state index is 13.3. The maximum atomic E-state index is 13.3. The van der Waals surface area contributed by atoms with Crippen LogP contribution in [0, 0.1) is 10.1 Å². The number of esters is 1. The Morgan fingerprint density at radius 1 is 1.16 bits per heavy atom. The van der Waals surface area contributed by atoms with Crippen LogP contribution in [0.2, 0.25) is 5.02 Å². The van der Waals surface area contributed by atoms with E-state index in [-0.39, 0.29) is 51.5 Å². The van der Waals surface area contributed by atoms with Gasteiger partial charge in [0.05, 0.1) is 27.5 Å². The minimum absolute atomic E-state index is 0.0414. The Hall–Kier alpha value is -4.38. The van der Waals surface area contributed by atoms with Gasteiger partial charge in [-0.1, -0.05) is 31.0 Å². The summed E-state index contributed by atoms with van der Waals surface area (Å²) in [4.78, 5) is 58.9. The Labute approximate surface area is 214 Å². The van der Waals surface area contributed by atoms with E-state index in [1.165, 1.54) is 27.2 Å². The molecule has 190 valence electrons. The summed E-state index contributed by atoms with van der Waals surface area (Å²) in [5.41, 5.74) is -0.556. The van der Waals surface area contributed by atoms with E-state index in [1.54, 1.807) is 31.3 Å². The molecule has 0 atom stereocenters. The molecule has 0 fully saturated rings. The monoisotopic (exact) mass is 523 g/mol. The van der Waals surface area contributed by atoms with Crippen LogP contribution in [-0.2, 0) is 11.3 Å². The quantitative estimate of drug-likeness (QED) is 0.155. The number of nitro groups is 1. The predicted molar refractivity (Wildman–Crippen MR) is 136 cm³/mol. The lowest BCUT2D eigenvalue weighted by molar-refractivity contribution is -0.384. The Bertz CT molecular complexity index is 1690. The van der Waals surface area contributed by atoms with Crippen molar-refractivity contribution in [2.75, 3.05) is 6.61 Å². The van der Waals surface area contributed by atoms with Crippen molar-refractivity contribution in [1.29, 1.82) is 0 Å². The van der Waals surface area contributed by atoms with E-state index in [1.807, 2.05) is 6.92 Å². The first-order valence-electron chi connectivity index (χ1n) is 11.5. The number of nitro benzene ring substituents is 1. The fourth-order valence-corrected chi connectivity index (χ4v) is 4.03. The standard InChI is InChI=1S/C25H22ClN5O6/c1-3-5-11-30-21-17(24(33)29-12-7-6-8-20(29)27-21)14-18(25(34)37-4-2)22(30)28-23(32)16-13-15(31(35)36)9-10-19(16)26/h6-10,12-14H,3-5,11H2,1-2H3. The first-order chi connectivity index (χ1) is 17.8. The van der Waals surface area contributed by atoms with E-state index >= 15 is 0 Å². The molecule has 0 unspecified atom stereocenters. The van der Waals surface area contributed by atoms with Crippen LogP contribution in [0.4, 0.5) is 5.69 Å². The van der Waals surface area contributed by atoms with E-state index in [4.69, 9.17) is 16.3 Å². The number of carbonyl (C=O) groups excluding carboxylic acids is 2. The lowest BCUT2D eigenvalue weighted by Crippen LogP contribution is -2.33. The van der Waals surface area contributed by atoms with Gasteiger partial charge in [0.1, 0.15) is 16.9 Å². The van der Waals surface area contributed by atoms with Crippen molar-refractivity contribution in [2.45, 2.75) is 33.2 Å². The highest BCUT2D eigenvalue weighted by molar-refractivity contribution is 6.34. The van der Waals surface area contributed by atoms with Gasteiger partial charge in [-0.25, -0.2) is 9.78 Å². The minimum atomic E-state index is -0.902. The lowest BCUT2D eigenvalue weighted by atomic mass is 10.1. The van der Waals surface area contributed by atoms with E-state index in [0.717, 1.165) is 12.5 Å². The largest absolute Gasteiger partial charge is 0.462 e. The van der Waals surface area contributed by atoms with E-state index in [2.05, 4.69) is 9.98 Å². The number of ether oxygens (including phenoxy) is 1. The zero-order valence-corrected chi connectivity index (χ0v) is 20.8. The van der Waals surface area contributed by atoms with Crippen molar-refractivity contribution < 1.29 is 19.2 Å². The number of nitrogens with zero attached hydrogens (tertiary/aromatic N) is 5. The summed E-state index contributed by atoms with van der Waals surface area (Å²) in [6.45, 7) is 3.91. The molecule has 0 saturated carbocycles. The van der Waals surface area contributed by atoms with Crippen LogP contribution >= 0.6 is 11.6 Å². The van der Waals surface area contributed by atoms with Crippen molar-refractivity contribution in [1.82, 2.24) is 14.0 Å². The van der Waals surface area contributed by atoms with Crippen molar-refractivity contribution in [3.63, 3.8) is 0 Å². The fraction of sp³-hybridized carbons (Fsp3) is 0.240. The molecule has 12 heteroatoms. The molecule has 37 heavy (non-hydrogen) atoms. The third kappa shape index (κ3) is 4.98. The average Bonchev–Trinajstić information content (AvgIpc) is 2.88. The summed E-state index contributed by atoms with van der Waals surface area (Å²) in [5.74, 6) is -1.69. The number of halogens is 1. The van der Waals surface area contributed by atoms with Gasteiger partial charge in [-0.3, -0.25) is 24.1 Å². The van der Waals surface area contributed by atoms with Crippen LogP contribution in [0.5, 0.6) is 0 Å². The number of non-ortho nitro benzene ring substituents is 1. The van der Waals surface area contributed by atoms with Crippen molar-refractivity contribution in [3.8, 4) is 0 Å². The summed E-state index contributed by atoms with van der Waals surface area (Å²) in [7, 11) is 0. The second-order valence-corrected chi connectivity index (χ2v) is 8.44. The molecule has 11 nitrogen and oxygen atoms in total. The summed E-state index contributed by atoms with van der Waals surface area (Å²) >= 11 is 6.16. The second-order valence-electron chi connectivity index (χ2n) is 8.03. The van der Waals surface area contributed by atoms with Gasteiger partial charge in [0.2, 0.25) is 0 Å². The summed E-state index contributed by atoms with van der Waals surface area (Å²) in [6.07, 6.45) is 2.95. The molecule has 4 rings (SSSR count). The Morgan fingerprint density at radius 3 is 2.65 bits per heavy atom. The number of pyridine rings is 2. The van der Waals surface area contributed by atoms with Crippen molar-refractivity contribution in [3.05, 3.63) is 90.8 Å². The Balaban J connectivity index is 2.11. The average molecular weight is 524 g/mol. The second kappa shape index (κ2) is 10.7. The molecule has 1 amide bonds. The lowest BCUT2D eigenvalue weighted by Gasteiger charge is -2.15. The molecule has 0 N–H and O–H groups in total. The number of hydrogen-bond donors (Lipinski definition) is 0. The van der Waals surface area contributed by atoms with Crippen LogP contribution in [0.25, 0.3) is 16.7 Å². The molecule has 3 heterocycles. The Morgan fingerprint density at radius 2 is 1.95 bits per heavy atom. The van der Waals surface area contributed by atoms with E-state index in [9.17, 15) is 24.5 Å². The smallest absolute Gasteiger partial charge is 0.341 e. The first kappa shape index (κ1) is 25.7. The zero-order chi connectivity index (χ0) is 26.7. The number of hydrogen-bond acceptors (Lipinski definition) is 7. The molecule has 0 spiro atoms. The maximum Gasteiger partial charge on any atom is 0.341 e. The molecule has 0 aliphatic heterocycles. The fourth-order valence-electron chi connectivity index (χ4n) is 3.83. The number of carbonyl (C=O) groups is 2. The van der Waals surface area contributed by atoms with Crippen LogP contribution in [-0.4, -0.2) is 37.4 Å². The minimum Gasteiger partial charge on any atom is -0.462 e. The van der Waals surface area contributed by atoms with Gasteiger partial charge in [0, 0.05) is 24.9 Å². The van der Waals surface area contributed by atoms with Gasteiger partial charge in [-0.05, 0) is 37.6 Å². The Kier molecular flexibility index (Phi) is 7.44. The first-order valence-corrected chi connectivity index (χ1v) is 11.9. The molecule has 0 radical (unpaired) electrons. The van der Waals surface area contributed by atoms with Gasteiger partial charge in [0.15, 0.2) is 5.49 Å². The van der Waals surface area contributed by atoms with Crippen LogP contribution in [0.1, 0.15) is 47.4 Å². The molecule has 0 bridgehead atoms. The summed E-state index contributed by atoms with van der Waals surface area (Å²) in [6, 6.07) is 9.81. The molecule has 0 aliphatic carbocycles. The van der Waals surface area contributed by atoms with Crippen LogP contribution in [0.3, 0.4) is 0 Å². The summed E-state index contributed by atoms with van der Waals surface area (Å²) < 4.78 is 8.08. The third-order valence-corrected chi connectivity index (χ3v) is 5.95. The number of rotatable bonds is 7. The molecule has 0 aliphatic rings. The van der Waals surface area contributed by atoms with Crippen molar-refractivity contribution >= 4 is 45.8 Å². The molecular weight excluding hydrogens is 502 g/mol. The SMILES string of the molecule is CCCCn1c(=NC(=O)c2cc([N+](=O)[O-])ccc2Cl)c(C(=O)OCC)cc2c(=O)n3ccccc3nc21. The van der Waals surface area contributed by atoms with Gasteiger partial charge in [-0.2, -0.15) is 4.99 Å². The van der Waals surface area contributed by atoms with Gasteiger partial charge in [0.25, 0.3) is 17.2 Å². The number of fused-ring (bicyclic) bond motifs is 2. The number of unbranched alkanes of at least 4 members (excludes halogenated alkanes) is 1. The number of benzene rings is 1. The molecule has 0 saturated heterocycles. The van der Waals surface area contributed by atoms with Gasteiger partial charge < -0.3 is 9.30 Å². The molecule has 3 aromatic heterocycles. The van der Waals surface area contributed by atoms with Crippen LogP contribution < -0.4 is 11.0 Å². The highest BCUT2D eigenvalue weighted by atomic mass is 35.5. The molecule has 4 aromatic rings. The zero-order valence-electron chi connectivity index (χ0n) is 20.0. The number of aryl methyl sites for hydroxylation is 1. The normalized spacial score (nSPS) is 11.7. The number of amides is 1. The topological polar surface area (TPSA) is 138 Å². The highest BCUT2D eigenvalue weighted by Gasteiger charge is 2.21. The van der Waals surface area contributed by atoms with Crippen molar-refractivity contribution in [2.24, 2.45) is 4.99 Å². The number of aromatic nitrogens is 3. The van der Waals surface area contributed by atoms with Gasteiger partial charge in [-0.15, -0.1) is 0 Å². The molecule has 1 aromatic carbocycles.